The molecule has 1 heterocycles. The Morgan fingerprint density at radius 1 is 1.17 bits per heavy atom. The molecule has 18 heavy (non-hydrogen) atoms. The number of benzene rings is 1. The zero-order chi connectivity index (χ0) is 12.8. The second-order valence-electron chi connectivity index (χ2n) is 4.55. The average molecular weight is 248 g/mol. The van der Waals surface area contributed by atoms with Crippen LogP contribution in [0.4, 0.5) is 4.79 Å². The molecule has 5 nitrogen and oxygen atoms in total. The maximum atomic E-state index is 11.5. The largest absolute Gasteiger partial charge is 0.331 e. The summed E-state index contributed by atoms with van der Waals surface area (Å²) in [6.07, 6.45) is 0.986. The molecule has 1 saturated heterocycles. The predicted octanol–water partition coefficient (Wildman–Crippen LogP) is 0.778. The maximum absolute atomic E-state index is 11.5. The molecule has 0 aromatic heterocycles. The highest BCUT2D eigenvalue weighted by Crippen LogP contribution is 2.08. The quantitative estimate of drug-likeness (QED) is 0.462. The third-order valence-electron chi connectivity index (χ3n) is 3.25. The summed E-state index contributed by atoms with van der Waals surface area (Å²) in [5, 5.41) is 0. The number of carbonyl (C=O) groups is 1. The van der Waals surface area contributed by atoms with Gasteiger partial charge in [-0.05, 0) is 12.0 Å². The van der Waals surface area contributed by atoms with E-state index in [9.17, 15) is 4.79 Å². The average Bonchev–Trinajstić information content (AvgIpc) is 2.65. The molecule has 0 radical (unpaired) electrons. The van der Waals surface area contributed by atoms with Crippen molar-refractivity contribution in [2.75, 3.05) is 26.2 Å². The van der Waals surface area contributed by atoms with Gasteiger partial charge in [-0.15, -0.1) is 0 Å². The number of nitrogens with one attached hydrogen (secondary N) is 1. The van der Waals surface area contributed by atoms with Crippen LogP contribution >= 0.6 is 0 Å². The molecule has 0 unspecified atom stereocenters. The summed E-state index contributed by atoms with van der Waals surface area (Å²) in [6, 6.07) is 10.2. The van der Waals surface area contributed by atoms with Gasteiger partial charge < -0.3 is 4.90 Å². The van der Waals surface area contributed by atoms with Gasteiger partial charge in [0.2, 0.25) is 0 Å². The van der Waals surface area contributed by atoms with Crippen LogP contribution in [-0.4, -0.2) is 42.0 Å². The minimum absolute atomic E-state index is 0.184. The van der Waals surface area contributed by atoms with Crippen molar-refractivity contribution in [2.24, 2.45) is 5.84 Å². The molecule has 0 saturated carbocycles. The summed E-state index contributed by atoms with van der Waals surface area (Å²) >= 11 is 0. The third kappa shape index (κ3) is 3.45. The molecule has 1 aliphatic rings. The van der Waals surface area contributed by atoms with Crippen molar-refractivity contribution in [3.63, 3.8) is 0 Å². The molecular formula is C13H20N4O. The molecule has 98 valence electrons. The number of nitrogens with two attached hydrogens (primary N) is 1. The van der Waals surface area contributed by atoms with Crippen LogP contribution in [0.15, 0.2) is 30.3 Å². The van der Waals surface area contributed by atoms with Crippen LogP contribution in [-0.2, 0) is 6.54 Å². The van der Waals surface area contributed by atoms with E-state index < -0.39 is 0 Å². The molecular weight excluding hydrogens is 228 g/mol. The van der Waals surface area contributed by atoms with E-state index in [0.717, 1.165) is 39.1 Å². The Hall–Kier alpha value is -1.59. The Bertz CT molecular complexity index is 382. The summed E-state index contributed by atoms with van der Waals surface area (Å²) in [5.41, 5.74) is 3.51. The minimum Gasteiger partial charge on any atom is -0.322 e. The van der Waals surface area contributed by atoms with Gasteiger partial charge in [0.1, 0.15) is 0 Å². The highest BCUT2D eigenvalue weighted by atomic mass is 16.2. The van der Waals surface area contributed by atoms with Crippen LogP contribution in [0.1, 0.15) is 12.0 Å². The Kier molecular flexibility index (Phi) is 4.55. The number of hydrogen-bond donors (Lipinski definition) is 2. The lowest BCUT2D eigenvalue weighted by atomic mass is 10.2. The van der Waals surface area contributed by atoms with E-state index in [2.05, 4.69) is 34.6 Å². The number of urea groups is 1. The molecule has 2 amide bonds. The molecule has 2 rings (SSSR count). The molecule has 0 atom stereocenters. The van der Waals surface area contributed by atoms with Crippen molar-refractivity contribution in [3.8, 4) is 0 Å². The fourth-order valence-corrected chi connectivity index (χ4v) is 2.27. The Morgan fingerprint density at radius 2 is 1.94 bits per heavy atom. The number of hydrogen-bond acceptors (Lipinski definition) is 3. The highest BCUT2D eigenvalue weighted by molar-refractivity contribution is 5.73. The van der Waals surface area contributed by atoms with Crippen LogP contribution in [0.25, 0.3) is 0 Å². The number of amides is 2. The van der Waals surface area contributed by atoms with Crippen LogP contribution in [0.3, 0.4) is 0 Å². The molecule has 5 heteroatoms. The second kappa shape index (κ2) is 6.37. The Labute approximate surface area is 108 Å². The van der Waals surface area contributed by atoms with Crippen LogP contribution in [0.2, 0.25) is 0 Å². The molecule has 1 aromatic carbocycles. The standard InChI is InChI=1S/C13H20N4O/c14-15-13(18)17-8-4-7-16(9-10-17)11-12-5-2-1-3-6-12/h1-3,5-6H,4,7-11,14H2,(H,15,18). The van der Waals surface area contributed by atoms with Gasteiger partial charge in [0.25, 0.3) is 0 Å². The van der Waals surface area contributed by atoms with Gasteiger partial charge in [-0.3, -0.25) is 10.3 Å². The Balaban J connectivity index is 1.87. The van der Waals surface area contributed by atoms with Crippen molar-refractivity contribution in [1.82, 2.24) is 15.2 Å². The van der Waals surface area contributed by atoms with Crippen LogP contribution in [0.5, 0.6) is 0 Å². The van der Waals surface area contributed by atoms with Gasteiger partial charge in [-0.1, -0.05) is 30.3 Å². The van der Waals surface area contributed by atoms with E-state index >= 15 is 0 Å². The Morgan fingerprint density at radius 3 is 2.67 bits per heavy atom. The minimum atomic E-state index is -0.184. The van der Waals surface area contributed by atoms with E-state index in [1.54, 1.807) is 4.90 Å². The smallest absolute Gasteiger partial charge is 0.322 e. The van der Waals surface area contributed by atoms with E-state index in [-0.39, 0.29) is 6.03 Å². The van der Waals surface area contributed by atoms with Gasteiger partial charge in [0.15, 0.2) is 0 Å². The topological polar surface area (TPSA) is 61.6 Å². The summed E-state index contributed by atoms with van der Waals surface area (Å²) in [4.78, 5) is 15.6. The van der Waals surface area contributed by atoms with Crippen LogP contribution < -0.4 is 11.3 Å². The lowest BCUT2D eigenvalue weighted by molar-refractivity contribution is 0.198. The monoisotopic (exact) mass is 248 g/mol. The van der Waals surface area contributed by atoms with Crippen molar-refractivity contribution < 1.29 is 4.79 Å². The first kappa shape index (κ1) is 12.9. The molecule has 0 bridgehead atoms. The van der Waals surface area contributed by atoms with Gasteiger partial charge >= 0.3 is 6.03 Å². The molecule has 0 aliphatic carbocycles. The lowest BCUT2D eigenvalue weighted by Gasteiger charge is -2.21. The van der Waals surface area contributed by atoms with E-state index in [0.29, 0.717) is 0 Å². The van der Waals surface area contributed by atoms with E-state index in [1.165, 1.54) is 5.56 Å². The maximum Gasteiger partial charge on any atom is 0.331 e. The number of nitrogens with zero attached hydrogens (tertiary/aromatic N) is 2. The van der Waals surface area contributed by atoms with Crippen molar-refractivity contribution in [3.05, 3.63) is 35.9 Å². The van der Waals surface area contributed by atoms with Crippen molar-refractivity contribution >= 4 is 6.03 Å². The third-order valence-corrected chi connectivity index (χ3v) is 3.25. The van der Waals surface area contributed by atoms with Gasteiger partial charge in [-0.25, -0.2) is 10.6 Å². The molecule has 1 fully saturated rings. The van der Waals surface area contributed by atoms with Gasteiger partial charge in [0.05, 0.1) is 0 Å². The molecule has 1 aliphatic heterocycles. The zero-order valence-corrected chi connectivity index (χ0v) is 10.5. The summed E-state index contributed by atoms with van der Waals surface area (Å²) in [5.74, 6) is 5.16. The fourth-order valence-electron chi connectivity index (χ4n) is 2.27. The summed E-state index contributed by atoms with van der Waals surface area (Å²) < 4.78 is 0. The van der Waals surface area contributed by atoms with Gasteiger partial charge in [-0.2, -0.15) is 0 Å². The van der Waals surface area contributed by atoms with Crippen molar-refractivity contribution in [2.45, 2.75) is 13.0 Å². The number of carbonyl (C=O) groups excluding carboxylic acids is 1. The number of rotatable bonds is 2. The molecule has 3 N–H and O–H groups in total. The highest BCUT2D eigenvalue weighted by Gasteiger charge is 2.18. The molecule has 0 spiro atoms. The fraction of sp³-hybridized carbons (Fsp3) is 0.462. The SMILES string of the molecule is NNC(=O)N1CCCN(Cc2ccccc2)CC1. The lowest BCUT2D eigenvalue weighted by Crippen LogP contribution is -2.44. The normalized spacial score (nSPS) is 17.3. The van der Waals surface area contributed by atoms with Crippen molar-refractivity contribution in [1.29, 1.82) is 0 Å². The predicted molar refractivity (Wildman–Crippen MR) is 70.6 cm³/mol. The first-order valence-electron chi connectivity index (χ1n) is 6.31. The zero-order valence-electron chi connectivity index (χ0n) is 10.5. The van der Waals surface area contributed by atoms with E-state index in [1.807, 2.05) is 6.07 Å². The van der Waals surface area contributed by atoms with E-state index in [4.69, 9.17) is 5.84 Å². The van der Waals surface area contributed by atoms with Crippen LogP contribution in [0, 0.1) is 0 Å². The number of hydrazine groups is 1. The van der Waals surface area contributed by atoms with Gasteiger partial charge in [0, 0.05) is 32.7 Å². The first-order valence-corrected chi connectivity index (χ1v) is 6.31. The second-order valence-corrected chi connectivity index (χ2v) is 4.55. The molecule has 1 aromatic rings. The summed E-state index contributed by atoms with van der Waals surface area (Å²) in [7, 11) is 0. The summed E-state index contributed by atoms with van der Waals surface area (Å²) in [6.45, 7) is 4.36. The first-order chi connectivity index (χ1) is 8.79.